The molecule has 3 heterocycles. The largest absolute Gasteiger partial charge is 0.339 e. The summed E-state index contributed by atoms with van der Waals surface area (Å²) in [6, 6.07) is 15.7. The highest BCUT2D eigenvalue weighted by atomic mass is 16.2. The molecule has 0 atom stereocenters. The number of hydrogen-bond acceptors (Lipinski definition) is 3. The molecule has 28 heavy (non-hydrogen) atoms. The molecule has 0 N–H and O–H groups in total. The minimum absolute atomic E-state index is 0.126. The summed E-state index contributed by atoms with van der Waals surface area (Å²) >= 11 is 0. The summed E-state index contributed by atoms with van der Waals surface area (Å²) in [6.07, 6.45) is 5.69. The maximum absolute atomic E-state index is 12.7. The zero-order valence-electron chi connectivity index (χ0n) is 16.5. The predicted octanol–water partition coefficient (Wildman–Crippen LogP) is 4.41. The second-order valence-electron chi connectivity index (χ2n) is 7.66. The van der Waals surface area contributed by atoms with Gasteiger partial charge in [-0.2, -0.15) is 0 Å². The first-order valence-electron chi connectivity index (χ1n) is 9.98. The Morgan fingerprint density at radius 3 is 2.50 bits per heavy atom. The third kappa shape index (κ3) is 3.70. The average molecular weight is 374 g/mol. The first-order valence-corrected chi connectivity index (χ1v) is 9.98. The number of carbonyl (C=O) groups excluding carboxylic acids is 1. The quantitative estimate of drug-likeness (QED) is 0.680. The molecule has 0 saturated carbocycles. The average Bonchev–Trinajstić information content (AvgIpc) is 3.24. The Labute approximate surface area is 166 Å². The van der Waals surface area contributed by atoms with Crippen LogP contribution in [0.25, 0.3) is 5.82 Å². The highest BCUT2D eigenvalue weighted by molar-refractivity contribution is 5.94. The minimum atomic E-state index is 0.126. The van der Waals surface area contributed by atoms with E-state index in [0.29, 0.717) is 11.8 Å². The Morgan fingerprint density at radius 1 is 1.04 bits per heavy atom. The topological polar surface area (TPSA) is 51.0 Å². The van der Waals surface area contributed by atoms with Gasteiger partial charge in [-0.25, -0.2) is 9.97 Å². The van der Waals surface area contributed by atoms with Crippen molar-refractivity contribution in [1.29, 1.82) is 0 Å². The summed E-state index contributed by atoms with van der Waals surface area (Å²) in [4.78, 5) is 24.0. The van der Waals surface area contributed by atoms with Crippen LogP contribution in [0.4, 0.5) is 0 Å². The van der Waals surface area contributed by atoms with Crippen molar-refractivity contribution in [3.8, 4) is 5.82 Å². The third-order valence-electron chi connectivity index (χ3n) is 5.41. The van der Waals surface area contributed by atoms with Crippen molar-refractivity contribution in [3.05, 3.63) is 78.0 Å². The van der Waals surface area contributed by atoms with E-state index in [9.17, 15) is 4.79 Å². The van der Waals surface area contributed by atoms with Gasteiger partial charge in [0.2, 0.25) is 0 Å². The summed E-state index contributed by atoms with van der Waals surface area (Å²) in [5, 5.41) is 0. The molecule has 5 nitrogen and oxygen atoms in total. The second-order valence-corrected chi connectivity index (χ2v) is 7.66. The fraction of sp³-hybridized carbons (Fsp3) is 0.348. The molecular weight excluding hydrogens is 348 g/mol. The van der Waals surface area contributed by atoms with Gasteiger partial charge in [0.1, 0.15) is 11.6 Å². The van der Waals surface area contributed by atoms with E-state index in [1.54, 1.807) is 0 Å². The molecule has 1 fully saturated rings. The number of rotatable bonds is 4. The van der Waals surface area contributed by atoms with Gasteiger partial charge in [-0.1, -0.05) is 38.1 Å². The lowest BCUT2D eigenvalue weighted by Gasteiger charge is -2.32. The van der Waals surface area contributed by atoms with Crippen molar-refractivity contribution >= 4 is 5.91 Å². The number of benzene rings is 1. The molecule has 1 saturated heterocycles. The number of likely N-dealkylation sites (tertiary alicyclic amines) is 1. The molecule has 5 heteroatoms. The zero-order chi connectivity index (χ0) is 19.5. The number of pyridine rings is 1. The van der Waals surface area contributed by atoms with E-state index in [1.807, 2.05) is 53.7 Å². The summed E-state index contributed by atoms with van der Waals surface area (Å²) in [5.74, 6) is 2.79. The summed E-state index contributed by atoms with van der Waals surface area (Å²) in [5.41, 5.74) is 1.87. The van der Waals surface area contributed by atoms with Crippen molar-refractivity contribution in [2.45, 2.75) is 38.5 Å². The van der Waals surface area contributed by atoms with E-state index < -0.39 is 0 Å². The van der Waals surface area contributed by atoms with Crippen LogP contribution in [0.1, 0.15) is 60.4 Å². The van der Waals surface area contributed by atoms with Crippen LogP contribution in [-0.2, 0) is 0 Å². The molecule has 3 aromatic rings. The molecule has 0 bridgehead atoms. The molecule has 144 valence electrons. The van der Waals surface area contributed by atoms with E-state index in [-0.39, 0.29) is 5.91 Å². The van der Waals surface area contributed by atoms with E-state index in [1.165, 1.54) is 0 Å². The number of imidazole rings is 1. The summed E-state index contributed by atoms with van der Waals surface area (Å²) in [7, 11) is 0. The SMILES string of the molecule is CC(C)c1nccn1-c1cccc(C2CCN(C(=O)c3ccccc3)CC2)n1. The van der Waals surface area contributed by atoms with Crippen LogP contribution in [0, 0.1) is 0 Å². The predicted molar refractivity (Wildman–Crippen MR) is 110 cm³/mol. The molecule has 0 radical (unpaired) electrons. The van der Waals surface area contributed by atoms with Crippen molar-refractivity contribution in [2.75, 3.05) is 13.1 Å². The number of hydrogen-bond donors (Lipinski definition) is 0. The van der Waals surface area contributed by atoms with Crippen molar-refractivity contribution in [3.63, 3.8) is 0 Å². The maximum Gasteiger partial charge on any atom is 0.253 e. The minimum Gasteiger partial charge on any atom is -0.339 e. The second kappa shape index (κ2) is 7.97. The molecule has 0 spiro atoms. The molecule has 1 aliphatic heterocycles. The molecule has 4 rings (SSSR count). The standard InChI is InChI=1S/C23H26N4O/c1-17(2)22-24-13-16-27(22)21-10-6-9-20(25-21)18-11-14-26(15-12-18)23(28)19-7-4-3-5-8-19/h3-10,13,16-18H,11-12,14-15H2,1-2H3. The van der Waals surface area contributed by atoms with Crippen LogP contribution in [-0.4, -0.2) is 38.4 Å². The van der Waals surface area contributed by atoms with Crippen LogP contribution in [0.3, 0.4) is 0 Å². The molecule has 1 aromatic carbocycles. The van der Waals surface area contributed by atoms with Crippen LogP contribution in [0.5, 0.6) is 0 Å². The lowest BCUT2D eigenvalue weighted by molar-refractivity contribution is 0.0712. The molecule has 0 aliphatic carbocycles. The van der Waals surface area contributed by atoms with Crippen molar-refractivity contribution < 1.29 is 4.79 Å². The van der Waals surface area contributed by atoms with Gasteiger partial charge in [-0.05, 0) is 37.1 Å². The van der Waals surface area contributed by atoms with E-state index in [4.69, 9.17) is 4.98 Å². The van der Waals surface area contributed by atoms with E-state index in [0.717, 1.165) is 48.8 Å². The van der Waals surface area contributed by atoms with Gasteiger partial charge in [-0.3, -0.25) is 9.36 Å². The summed E-state index contributed by atoms with van der Waals surface area (Å²) < 4.78 is 2.07. The van der Waals surface area contributed by atoms with E-state index >= 15 is 0 Å². The normalized spacial score (nSPS) is 15.2. The molecule has 1 amide bonds. The fourth-order valence-corrected chi connectivity index (χ4v) is 3.88. The van der Waals surface area contributed by atoms with Crippen LogP contribution < -0.4 is 0 Å². The van der Waals surface area contributed by atoms with Crippen LogP contribution >= 0.6 is 0 Å². The number of carbonyl (C=O) groups is 1. The van der Waals surface area contributed by atoms with Crippen molar-refractivity contribution in [1.82, 2.24) is 19.4 Å². The Bertz CT molecular complexity index is 940. The lowest BCUT2D eigenvalue weighted by Crippen LogP contribution is -2.38. The smallest absolute Gasteiger partial charge is 0.253 e. The Hall–Kier alpha value is -2.95. The molecule has 1 aliphatic rings. The fourth-order valence-electron chi connectivity index (χ4n) is 3.88. The Balaban J connectivity index is 1.47. The third-order valence-corrected chi connectivity index (χ3v) is 5.41. The Morgan fingerprint density at radius 2 is 1.79 bits per heavy atom. The van der Waals surface area contributed by atoms with Crippen LogP contribution in [0.15, 0.2) is 60.9 Å². The number of aromatic nitrogens is 3. The van der Waals surface area contributed by atoms with E-state index in [2.05, 4.69) is 35.5 Å². The monoisotopic (exact) mass is 374 g/mol. The number of amides is 1. The number of piperidine rings is 1. The van der Waals surface area contributed by atoms with Gasteiger partial charge in [-0.15, -0.1) is 0 Å². The first kappa shape index (κ1) is 18.4. The molecule has 0 unspecified atom stereocenters. The lowest BCUT2D eigenvalue weighted by atomic mass is 9.92. The van der Waals surface area contributed by atoms with Gasteiger partial charge >= 0.3 is 0 Å². The van der Waals surface area contributed by atoms with Crippen LogP contribution in [0.2, 0.25) is 0 Å². The maximum atomic E-state index is 12.7. The molecule has 2 aromatic heterocycles. The van der Waals surface area contributed by atoms with Crippen molar-refractivity contribution in [2.24, 2.45) is 0 Å². The Kier molecular flexibility index (Phi) is 5.24. The van der Waals surface area contributed by atoms with Gasteiger partial charge in [0.05, 0.1) is 0 Å². The first-order chi connectivity index (χ1) is 13.6. The van der Waals surface area contributed by atoms with Gasteiger partial charge in [0, 0.05) is 48.6 Å². The summed E-state index contributed by atoms with van der Waals surface area (Å²) in [6.45, 7) is 5.82. The molecular formula is C23H26N4O. The van der Waals surface area contributed by atoms with Gasteiger partial charge < -0.3 is 4.90 Å². The zero-order valence-corrected chi connectivity index (χ0v) is 16.5. The van der Waals surface area contributed by atoms with Gasteiger partial charge in [0.25, 0.3) is 5.91 Å². The highest BCUT2D eigenvalue weighted by Gasteiger charge is 2.25. The highest BCUT2D eigenvalue weighted by Crippen LogP contribution is 2.28. The van der Waals surface area contributed by atoms with Gasteiger partial charge in [0.15, 0.2) is 0 Å². The number of nitrogens with zero attached hydrogens (tertiary/aromatic N) is 4.